The Morgan fingerprint density at radius 2 is 1.68 bits per heavy atom. The molecule has 5 nitrogen and oxygen atoms in total. The van der Waals surface area contributed by atoms with E-state index in [0.717, 1.165) is 74.3 Å². The Balaban J connectivity index is 0.000000157. The molecule has 0 N–H and O–H groups in total. The number of para-hydroxylation sites is 2. The molecule has 57 heavy (non-hydrogen) atoms. The van der Waals surface area contributed by atoms with Crippen LogP contribution in [0.15, 0.2) is 126 Å². The van der Waals surface area contributed by atoms with E-state index >= 15 is 0 Å². The molecule has 1 radical (unpaired) electrons. The largest absolute Gasteiger partial charge is 0.486 e. The molecule has 10 rings (SSSR count). The molecule has 0 fully saturated rings. The van der Waals surface area contributed by atoms with Gasteiger partial charge in [0.2, 0.25) is 5.71 Å². The molecule has 0 spiro atoms. The third-order valence-corrected chi connectivity index (χ3v) is 12.7. The van der Waals surface area contributed by atoms with E-state index in [-0.39, 0.29) is 20.1 Å². The van der Waals surface area contributed by atoms with Gasteiger partial charge in [0.1, 0.15) is 0 Å². The Bertz CT molecular complexity index is 2950. The van der Waals surface area contributed by atoms with Gasteiger partial charge in [-0.1, -0.05) is 98.6 Å². The maximum Gasteiger partial charge on any atom is 0.216 e. The summed E-state index contributed by atoms with van der Waals surface area (Å²) in [4.78, 5) is 14.3. The van der Waals surface area contributed by atoms with Crippen molar-refractivity contribution in [1.29, 1.82) is 0 Å². The van der Waals surface area contributed by atoms with E-state index in [9.17, 15) is 0 Å². The smallest absolute Gasteiger partial charge is 0.216 e. The van der Waals surface area contributed by atoms with Crippen molar-refractivity contribution >= 4 is 63.2 Å². The topological polar surface area (TPSA) is 56.7 Å². The zero-order valence-electron chi connectivity index (χ0n) is 33.1. The summed E-state index contributed by atoms with van der Waals surface area (Å²) in [6, 6.07) is 44.6. The first-order valence-corrected chi connectivity index (χ1v) is 23.0. The van der Waals surface area contributed by atoms with Crippen molar-refractivity contribution in [3.05, 3.63) is 156 Å². The number of nitrogens with zero attached hydrogens (tertiary/aromatic N) is 4. The van der Waals surface area contributed by atoms with Gasteiger partial charge < -0.3 is 14.0 Å². The standard InChI is InChI=1S/C26H17N2.C24H27N2OSi.Ir/c1-2-8-19(9-3-1)26-27-23-14-4-5-15-24(23)28(26)22-16-20-12-6-10-18-11-7-13-21(17-22)25(18)20;1-15(2)12-17-13-21(25-14-22(17)28(4,5)6)20-9-7-8-18-19-11-10-16(3)26-24(19)27-23(18)20;/h1-8,10,12-17H,11H2;7-8,10-11,13-15H,12H2,1-6H3;/q2*-1;. The molecule has 0 saturated carbocycles. The maximum absolute atomic E-state index is 6.16. The summed E-state index contributed by atoms with van der Waals surface area (Å²) in [6.07, 6.45) is 8.65. The summed E-state index contributed by atoms with van der Waals surface area (Å²) in [6.45, 7) is 13.7. The third kappa shape index (κ3) is 7.32. The number of fused-ring (bicyclic) bond motifs is 4. The van der Waals surface area contributed by atoms with Crippen LogP contribution in [0.4, 0.5) is 0 Å². The number of hydrogen-bond acceptors (Lipinski definition) is 4. The SMILES string of the molecule is Cc1ccc2c(n1)oc1c(-c3cc(CC(C)C)c([Si](C)(C)C)cn3)[c-]ccc12.[Ir].[c-]1ccccc1-c1nc2ccccc2n1-c1cc2c3c(cccc3c1)CC=C2. The fourth-order valence-electron chi connectivity index (χ4n) is 8.09. The van der Waals surface area contributed by atoms with Crippen molar-refractivity contribution in [2.45, 2.75) is 53.3 Å². The van der Waals surface area contributed by atoms with Gasteiger partial charge in [0.15, 0.2) is 0 Å². The Morgan fingerprint density at radius 1 is 0.842 bits per heavy atom. The van der Waals surface area contributed by atoms with E-state index in [2.05, 4.69) is 140 Å². The number of furan rings is 1. The van der Waals surface area contributed by atoms with Crippen LogP contribution in [0.1, 0.15) is 36.2 Å². The van der Waals surface area contributed by atoms with E-state index < -0.39 is 8.07 Å². The van der Waals surface area contributed by atoms with Gasteiger partial charge in [0.05, 0.1) is 30.5 Å². The minimum atomic E-state index is -1.46. The van der Waals surface area contributed by atoms with Gasteiger partial charge in [-0.2, -0.15) is 0 Å². The number of pyridine rings is 2. The quantitative estimate of drug-likeness (QED) is 0.123. The molecule has 4 aromatic heterocycles. The first-order valence-electron chi connectivity index (χ1n) is 19.5. The van der Waals surface area contributed by atoms with Crippen LogP contribution in [-0.4, -0.2) is 27.6 Å². The number of hydrogen-bond donors (Lipinski definition) is 0. The van der Waals surface area contributed by atoms with Crippen molar-refractivity contribution in [3.63, 3.8) is 0 Å². The molecule has 5 aromatic carbocycles. The summed E-state index contributed by atoms with van der Waals surface area (Å²) in [5, 5.41) is 6.19. The van der Waals surface area contributed by atoms with E-state index in [1.807, 2.05) is 49.4 Å². The van der Waals surface area contributed by atoms with Gasteiger partial charge in [-0.25, -0.2) is 4.98 Å². The molecule has 0 atom stereocenters. The van der Waals surface area contributed by atoms with Crippen molar-refractivity contribution in [2.75, 3.05) is 0 Å². The summed E-state index contributed by atoms with van der Waals surface area (Å²) < 4.78 is 8.42. The van der Waals surface area contributed by atoms with Crippen LogP contribution in [0.5, 0.6) is 0 Å². The average molecular weight is 937 g/mol. The van der Waals surface area contributed by atoms with Crippen LogP contribution >= 0.6 is 0 Å². The van der Waals surface area contributed by atoms with Crippen molar-refractivity contribution in [2.24, 2.45) is 5.92 Å². The number of aromatic nitrogens is 4. The molecule has 0 aliphatic heterocycles. The minimum Gasteiger partial charge on any atom is -0.486 e. The predicted octanol–water partition coefficient (Wildman–Crippen LogP) is 12.1. The summed E-state index contributed by atoms with van der Waals surface area (Å²) >= 11 is 0. The predicted molar refractivity (Wildman–Crippen MR) is 235 cm³/mol. The van der Waals surface area contributed by atoms with Crippen LogP contribution in [0.2, 0.25) is 19.6 Å². The van der Waals surface area contributed by atoms with Crippen LogP contribution in [-0.2, 0) is 32.9 Å². The molecular formula is C50H44IrN4OSi-2. The van der Waals surface area contributed by atoms with Crippen molar-refractivity contribution in [1.82, 2.24) is 19.5 Å². The summed E-state index contributed by atoms with van der Waals surface area (Å²) in [5.41, 5.74) is 12.6. The molecule has 1 aliphatic carbocycles. The van der Waals surface area contributed by atoms with Crippen molar-refractivity contribution < 1.29 is 24.5 Å². The molecule has 7 heteroatoms. The van der Waals surface area contributed by atoms with Crippen LogP contribution in [0.3, 0.4) is 0 Å². The van der Waals surface area contributed by atoms with Crippen molar-refractivity contribution in [3.8, 4) is 28.3 Å². The molecule has 0 amide bonds. The van der Waals surface area contributed by atoms with Crippen LogP contribution < -0.4 is 5.19 Å². The number of allylic oxidation sites excluding steroid dienone is 1. The number of aryl methyl sites for hydroxylation is 1. The molecule has 9 aromatic rings. The monoisotopic (exact) mass is 937 g/mol. The Kier molecular flexibility index (Phi) is 10.4. The molecule has 1 aliphatic rings. The van der Waals surface area contributed by atoms with Gasteiger partial charge in [0, 0.05) is 43.1 Å². The maximum atomic E-state index is 6.16. The second-order valence-electron chi connectivity index (χ2n) is 16.3. The summed E-state index contributed by atoms with van der Waals surface area (Å²) in [5.74, 6) is 1.52. The van der Waals surface area contributed by atoms with E-state index in [1.54, 1.807) is 0 Å². The fraction of sp³-hybridized carbons (Fsp3) is 0.180. The Hall–Kier alpha value is -5.46. The fourth-order valence-corrected chi connectivity index (χ4v) is 9.68. The Morgan fingerprint density at radius 3 is 2.49 bits per heavy atom. The molecule has 4 heterocycles. The average Bonchev–Trinajstić information content (AvgIpc) is 3.76. The number of rotatable bonds is 6. The third-order valence-electron chi connectivity index (χ3n) is 10.6. The first-order chi connectivity index (χ1) is 27.1. The van der Waals surface area contributed by atoms with Gasteiger partial charge in [-0.15, -0.1) is 54.1 Å². The second-order valence-corrected chi connectivity index (χ2v) is 21.3. The molecule has 0 unspecified atom stereocenters. The molecule has 0 bridgehead atoms. The molecule has 0 saturated heterocycles. The van der Waals surface area contributed by atoms with Crippen LogP contribution in [0.25, 0.3) is 78.3 Å². The zero-order valence-corrected chi connectivity index (χ0v) is 36.5. The zero-order chi connectivity index (χ0) is 38.6. The second kappa shape index (κ2) is 15.5. The summed E-state index contributed by atoms with van der Waals surface area (Å²) in [7, 11) is -1.46. The van der Waals surface area contributed by atoms with Gasteiger partial charge in [0.25, 0.3) is 0 Å². The van der Waals surface area contributed by atoms with Gasteiger partial charge >= 0.3 is 0 Å². The van der Waals surface area contributed by atoms with E-state index in [0.29, 0.717) is 11.6 Å². The Labute approximate surface area is 348 Å². The van der Waals surface area contributed by atoms with Gasteiger partial charge in [-0.05, 0) is 94.9 Å². The normalized spacial score (nSPS) is 12.3. The first kappa shape index (κ1) is 38.4. The number of imidazole rings is 1. The molecule has 285 valence electrons. The van der Waals surface area contributed by atoms with E-state index in [4.69, 9.17) is 14.4 Å². The van der Waals surface area contributed by atoms with Gasteiger partial charge in [-0.3, -0.25) is 4.98 Å². The minimum absolute atomic E-state index is 0. The van der Waals surface area contributed by atoms with Crippen LogP contribution in [0, 0.1) is 25.0 Å². The van der Waals surface area contributed by atoms with E-state index in [1.165, 1.54) is 32.6 Å². The number of benzene rings is 5. The molecular weight excluding hydrogens is 893 g/mol.